The molecule has 5 nitrogen and oxygen atoms in total. The summed E-state index contributed by atoms with van der Waals surface area (Å²) in [7, 11) is 0. The normalized spacial score (nSPS) is 13.7. The zero-order chi connectivity index (χ0) is 20.2. The Kier molecular flexibility index (Phi) is 21.4. The molecule has 26 heavy (non-hydrogen) atoms. The Hall–Kier alpha value is -0.910. The first-order valence-electron chi connectivity index (χ1n) is 10.5. The number of piperidine rings is 1. The molecule has 1 aliphatic heterocycles. The summed E-state index contributed by atoms with van der Waals surface area (Å²) in [5.74, 6) is 0.440. The number of rotatable bonds is 7. The maximum Gasteiger partial charge on any atom is 0.336 e. The average Bonchev–Trinajstić information content (AvgIpc) is 2.68. The molecular formula is C20H43N3O2S. The molecule has 0 aromatic heterocycles. The summed E-state index contributed by atoms with van der Waals surface area (Å²) in [6.45, 7) is 12.2. The van der Waals surface area contributed by atoms with Crippen LogP contribution in [-0.2, 0) is 4.79 Å². The summed E-state index contributed by atoms with van der Waals surface area (Å²) in [5, 5.41) is 0. The maximum atomic E-state index is 11.5. The Morgan fingerprint density at radius 2 is 1.38 bits per heavy atom. The lowest BCUT2D eigenvalue weighted by Crippen LogP contribution is -2.51. The minimum atomic E-state index is -0.308. The van der Waals surface area contributed by atoms with Gasteiger partial charge in [-0.2, -0.15) is 12.6 Å². The highest BCUT2D eigenvalue weighted by molar-refractivity contribution is 7.81. The van der Waals surface area contributed by atoms with E-state index in [0.717, 1.165) is 25.9 Å². The van der Waals surface area contributed by atoms with Crippen molar-refractivity contribution >= 4 is 24.6 Å². The van der Waals surface area contributed by atoms with Gasteiger partial charge < -0.3 is 4.90 Å². The lowest BCUT2D eigenvalue weighted by atomic mass is 10.00. The highest BCUT2D eigenvalue weighted by Gasteiger charge is 2.20. The first-order chi connectivity index (χ1) is 12.5. The van der Waals surface area contributed by atoms with Gasteiger partial charge >= 0.3 is 6.03 Å². The summed E-state index contributed by atoms with van der Waals surface area (Å²) < 4.78 is 0. The zero-order valence-corrected chi connectivity index (χ0v) is 18.7. The summed E-state index contributed by atoms with van der Waals surface area (Å²) >= 11 is 3.78. The highest BCUT2D eigenvalue weighted by Crippen LogP contribution is 2.15. The van der Waals surface area contributed by atoms with E-state index in [-0.39, 0.29) is 17.7 Å². The Bertz CT molecular complexity index is 327. The number of hydrogen-bond acceptors (Lipinski definition) is 3. The summed E-state index contributed by atoms with van der Waals surface area (Å²) in [6, 6.07) is -0.239. The molecule has 0 spiro atoms. The molecule has 0 radical (unpaired) electrons. The number of likely N-dealkylation sites (tertiary alicyclic amines) is 1. The summed E-state index contributed by atoms with van der Waals surface area (Å²) in [5.41, 5.74) is 4.64. The lowest BCUT2D eigenvalue weighted by Gasteiger charge is -2.30. The third-order valence-corrected chi connectivity index (χ3v) is 4.52. The second-order valence-electron chi connectivity index (χ2n) is 6.57. The van der Waals surface area contributed by atoms with Crippen LogP contribution in [0.5, 0.6) is 0 Å². The first kappa shape index (κ1) is 27.3. The standard InChI is InChI=1S/C9H17N3O2S.C9H20.C2H6/c1-7-2-4-12(5-3-7)9(14)11-10-8(13)6-15;1-3-5-7-9-8-6-4-2;1-2/h7,15H,2-6H2,1H3,(H,10,13)(H,11,14);3-9H2,1-2H3;1-2H3. The smallest absolute Gasteiger partial charge is 0.323 e. The lowest BCUT2D eigenvalue weighted by molar-refractivity contribution is -0.119. The molecule has 0 bridgehead atoms. The molecule has 0 saturated carbocycles. The van der Waals surface area contributed by atoms with Crippen LogP contribution in [-0.4, -0.2) is 35.7 Å². The largest absolute Gasteiger partial charge is 0.336 e. The van der Waals surface area contributed by atoms with E-state index in [1.54, 1.807) is 4.90 Å². The van der Waals surface area contributed by atoms with Crippen molar-refractivity contribution in [1.82, 2.24) is 15.8 Å². The predicted octanol–water partition coefficient (Wildman–Crippen LogP) is 5.17. The zero-order valence-electron chi connectivity index (χ0n) is 17.8. The van der Waals surface area contributed by atoms with Crippen LogP contribution in [0.25, 0.3) is 0 Å². The molecule has 1 aliphatic rings. The van der Waals surface area contributed by atoms with Crippen LogP contribution < -0.4 is 10.9 Å². The van der Waals surface area contributed by atoms with Gasteiger partial charge in [0.05, 0.1) is 5.75 Å². The van der Waals surface area contributed by atoms with Gasteiger partial charge in [0.2, 0.25) is 5.91 Å². The minimum Gasteiger partial charge on any atom is -0.323 e. The molecule has 156 valence electrons. The van der Waals surface area contributed by atoms with E-state index in [1.165, 1.54) is 44.9 Å². The van der Waals surface area contributed by atoms with Crippen molar-refractivity contribution in [2.24, 2.45) is 5.92 Å². The van der Waals surface area contributed by atoms with Gasteiger partial charge in [0.25, 0.3) is 0 Å². The van der Waals surface area contributed by atoms with Crippen LogP contribution in [0, 0.1) is 5.92 Å². The summed E-state index contributed by atoms with van der Waals surface area (Å²) in [4.78, 5) is 24.0. The minimum absolute atomic E-state index is 0.0668. The molecule has 0 aromatic carbocycles. The number of amides is 3. The van der Waals surface area contributed by atoms with Gasteiger partial charge in [-0.1, -0.05) is 79.6 Å². The third kappa shape index (κ3) is 16.6. The third-order valence-electron chi connectivity index (χ3n) is 4.23. The number of unbranched alkanes of at least 4 members (excludes halogenated alkanes) is 6. The van der Waals surface area contributed by atoms with E-state index < -0.39 is 0 Å². The van der Waals surface area contributed by atoms with Crippen molar-refractivity contribution in [2.75, 3.05) is 18.8 Å². The monoisotopic (exact) mass is 389 g/mol. The Morgan fingerprint density at radius 3 is 1.81 bits per heavy atom. The van der Waals surface area contributed by atoms with Gasteiger partial charge in [0.15, 0.2) is 0 Å². The van der Waals surface area contributed by atoms with Crippen LogP contribution in [0.4, 0.5) is 4.79 Å². The quantitative estimate of drug-likeness (QED) is 0.319. The SMILES string of the molecule is CC.CC1CCN(C(=O)NNC(=O)CS)CC1.CCCCCCCCC. The van der Waals surface area contributed by atoms with Crippen molar-refractivity contribution in [3.8, 4) is 0 Å². The van der Waals surface area contributed by atoms with Gasteiger partial charge in [-0.15, -0.1) is 0 Å². The second-order valence-corrected chi connectivity index (χ2v) is 6.89. The molecule has 0 unspecified atom stereocenters. The number of hydrogen-bond donors (Lipinski definition) is 3. The molecule has 1 rings (SSSR count). The first-order valence-corrected chi connectivity index (χ1v) is 11.1. The fourth-order valence-corrected chi connectivity index (χ4v) is 2.56. The number of nitrogens with one attached hydrogen (secondary N) is 2. The molecule has 1 fully saturated rings. The summed E-state index contributed by atoms with van der Waals surface area (Å²) in [6.07, 6.45) is 12.0. The van der Waals surface area contributed by atoms with Crippen molar-refractivity contribution in [2.45, 2.75) is 92.4 Å². The molecule has 0 aromatic rings. The van der Waals surface area contributed by atoms with Crippen LogP contribution in [0.1, 0.15) is 92.4 Å². The predicted molar refractivity (Wildman–Crippen MR) is 116 cm³/mol. The highest BCUT2D eigenvalue weighted by atomic mass is 32.1. The average molecular weight is 390 g/mol. The van der Waals surface area contributed by atoms with Gasteiger partial charge in [-0.25, -0.2) is 10.2 Å². The van der Waals surface area contributed by atoms with Gasteiger partial charge in [0.1, 0.15) is 0 Å². The molecule has 0 aliphatic carbocycles. The van der Waals surface area contributed by atoms with E-state index in [4.69, 9.17) is 0 Å². The maximum absolute atomic E-state index is 11.5. The fourth-order valence-electron chi connectivity index (χ4n) is 2.48. The Labute approximate surface area is 167 Å². The number of thiol groups is 1. The van der Waals surface area contributed by atoms with Crippen LogP contribution in [0.2, 0.25) is 0 Å². The number of urea groups is 1. The molecule has 3 amide bonds. The van der Waals surface area contributed by atoms with Gasteiger partial charge in [-0.05, 0) is 18.8 Å². The number of carbonyl (C=O) groups is 2. The molecule has 6 heteroatoms. The van der Waals surface area contributed by atoms with E-state index in [0.29, 0.717) is 5.92 Å². The van der Waals surface area contributed by atoms with Crippen molar-refractivity contribution in [1.29, 1.82) is 0 Å². The van der Waals surface area contributed by atoms with Crippen LogP contribution in [0.3, 0.4) is 0 Å². The van der Waals surface area contributed by atoms with Gasteiger partial charge in [0, 0.05) is 13.1 Å². The number of carbonyl (C=O) groups excluding carboxylic acids is 2. The molecule has 1 heterocycles. The van der Waals surface area contributed by atoms with Crippen molar-refractivity contribution in [3.05, 3.63) is 0 Å². The van der Waals surface area contributed by atoms with Crippen LogP contribution in [0.15, 0.2) is 0 Å². The fraction of sp³-hybridized carbons (Fsp3) is 0.900. The van der Waals surface area contributed by atoms with E-state index >= 15 is 0 Å². The second kappa shape index (κ2) is 20.4. The Balaban J connectivity index is 0. The van der Waals surface area contributed by atoms with E-state index in [2.05, 4.69) is 44.3 Å². The van der Waals surface area contributed by atoms with Gasteiger partial charge in [-0.3, -0.25) is 10.2 Å². The molecule has 1 saturated heterocycles. The van der Waals surface area contributed by atoms with Crippen molar-refractivity contribution in [3.63, 3.8) is 0 Å². The molecular weight excluding hydrogens is 346 g/mol. The topological polar surface area (TPSA) is 61.4 Å². The van der Waals surface area contributed by atoms with E-state index in [9.17, 15) is 9.59 Å². The van der Waals surface area contributed by atoms with Crippen LogP contribution >= 0.6 is 12.6 Å². The Morgan fingerprint density at radius 1 is 0.923 bits per heavy atom. The van der Waals surface area contributed by atoms with Crippen molar-refractivity contribution < 1.29 is 9.59 Å². The molecule has 2 N–H and O–H groups in total. The van der Waals surface area contributed by atoms with E-state index in [1.807, 2.05) is 13.8 Å². The molecule has 0 atom stereocenters. The number of nitrogens with zero attached hydrogens (tertiary/aromatic N) is 1. The number of hydrazine groups is 1.